The van der Waals surface area contributed by atoms with E-state index in [1.165, 1.54) is 0 Å². The third-order valence-corrected chi connectivity index (χ3v) is 4.52. The van der Waals surface area contributed by atoms with Crippen molar-refractivity contribution in [3.8, 4) is 0 Å². The smallest absolute Gasteiger partial charge is 0.141 e. The molecule has 0 bridgehead atoms. The number of benzene rings is 1. The van der Waals surface area contributed by atoms with Gasteiger partial charge in [-0.25, -0.2) is 15.0 Å². The fourth-order valence-electron chi connectivity index (χ4n) is 2.72. The van der Waals surface area contributed by atoms with Crippen molar-refractivity contribution in [3.63, 3.8) is 0 Å². The van der Waals surface area contributed by atoms with Gasteiger partial charge in [-0.05, 0) is 36.4 Å². The first-order valence-corrected chi connectivity index (χ1v) is 9.34. The quantitative estimate of drug-likeness (QED) is 0.475. The minimum Gasteiger partial charge on any atom is -0.370 e. The van der Waals surface area contributed by atoms with Crippen LogP contribution in [0.2, 0.25) is 0 Å². The van der Waals surface area contributed by atoms with Crippen molar-refractivity contribution in [2.45, 2.75) is 6.42 Å². The number of rotatable bonds is 6. The molecule has 0 unspecified atom stereocenters. The minimum absolute atomic E-state index is 0.744. The summed E-state index contributed by atoms with van der Waals surface area (Å²) in [7, 11) is 0. The zero-order valence-electron chi connectivity index (χ0n) is 14.4. The molecule has 4 rings (SSSR count). The van der Waals surface area contributed by atoms with Gasteiger partial charge in [0.2, 0.25) is 0 Å². The SMILES string of the molecule is Brc1cccc(Nc2ncnc3cnc(NCCc4ccccn4)cc23)c1. The second kappa shape index (κ2) is 8.09. The number of nitrogens with one attached hydrogen (secondary N) is 2. The number of halogens is 1. The summed E-state index contributed by atoms with van der Waals surface area (Å²) >= 11 is 3.49. The standard InChI is InChI=1S/C20H17BrN6/c21-14-4-3-6-16(10-14)27-20-17-11-19(24-12-18(17)25-13-26-20)23-9-7-15-5-1-2-8-22-15/h1-6,8,10-13H,7,9H2,(H,23,24)(H,25,26,27). The first-order chi connectivity index (χ1) is 13.3. The lowest BCUT2D eigenvalue weighted by molar-refractivity contribution is 0.954. The van der Waals surface area contributed by atoms with E-state index in [0.717, 1.165) is 51.4 Å². The van der Waals surface area contributed by atoms with E-state index in [0.29, 0.717) is 0 Å². The first kappa shape index (κ1) is 17.4. The third kappa shape index (κ3) is 4.38. The molecule has 2 N–H and O–H groups in total. The van der Waals surface area contributed by atoms with Crippen molar-refractivity contribution < 1.29 is 0 Å². The van der Waals surface area contributed by atoms with Crippen LogP contribution in [0.25, 0.3) is 10.9 Å². The number of hydrogen-bond acceptors (Lipinski definition) is 6. The number of aromatic nitrogens is 4. The summed E-state index contributed by atoms with van der Waals surface area (Å²) in [5, 5.41) is 7.60. The van der Waals surface area contributed by atoms with E-state index in [2.05, 4.69) is 46.5 Å². The summed E-state index contributed by atoms with van der Waals surface area (Å²) < 4.78 is 1.00. The van der Waals surface area contributed by atoms with Crippen molar-refractivity contribution in [3.05, 3.63) is 77.4 Å². The Kier molecular flexibility index (Phi) is 5.20. The van der Waals surface area contributed by atoms with E-state index in [4.69, 9.17) is 0 Å². The largest absolute Gasteiger partial charge is 0.370 e. The summed E-state index contributed by atoms with van der Waals surface area (Å²) in [6.45, 7) is 0.748. The Morgan fingerprint density at radius 3 is 2.74 bits per heavy atom. The van der Waals surface area contributed by atoms with Crippen LogP contribution in [0.4, 0.5) is 17.3 Å². The molecule has 0 saturated carbocycles. The van der Waals surface area contributed by atoms with Crippen molar-refractivity contribution in [2.75, 3.05) is 17.2 Å². The summed E-state index contributed by atoms with van der Waals surface area (Å²) in [5.41, 5.74) is 2.79. The second-order valence-electron chi connectivity index (χ2n) is 5.94. The van der Waals surface area contributed by atoms with Gasteiger partial charge in [0, 0.05) is 40.4 Å². The van der Waals surface area contributed by atoms with E-state index in [1.54, 1.807) is 18.7 Å². The molecule has 0 aliphatic carbocycles. The highest BCUT2D eigenvalue weighted by atomic mass is 79.9. The van der Waals surface area contributed by atoms with Crippen LogP contribution in [0.1, 0.15) is 5.69 Å². The predicted molar refractivity (Wildman–Crippen MR) is 111 cm³/mol. The zero-order chi connectivity index (χ0) is 18.5. The Hall–Kier alpha value is -3.06. The van der Waals surface area contributed by atoms with E-state index in [9.17, 15) is 0 Å². The van der Waals surface area contributed by atoms with E-state index in [1.807, 2.05) is 48.5 Å². The molecule has 0 aliphatic rings. The molecule has 1 aromatic carbocycles. The molecule has 0 spiro atoms. The average molecular weight is 421 g/mol. The topological polar surface area (TPSA) is 75.6 Å². The lowest BCUT2D eigenvalue weighted by Crippen LogP contribution is -2.07. The van der Waals surface area contributed by atoms with E-state index in [-0.39, 0.29) is 0 Å². The number of hydrogen-bond donors (Lipinski definition) is 2. The number of anilines is 3. The Morgan fingerprint density at radius 2 is 1.89 bits per heavy atom. The molecule has 0 atom stereocenters. The summed E-state index contributed by atoms with van der Waals surface area (Å²) in [6, 6.07) is 15.8. The van der Waals surface area contributed by atoms with Crippen molar-refractivity contribution >= 4 is 44.2 Å². The van der Waals surface area contributed by atoms with E-state index >= 15 is 0 Å². The number of fused-ring (bicyclic) bond motifs is 1. The number of nitrogens with zero attached hydrogens (tertiary/aromatic N) is 4. The minimum atomic E-state index is 0.744. The van der Waals surface area contributed by atoms with Gasteiger partial charge in [0.05, 0.1) is 11.7 Å². The van der Waals surface area contributed by atoms with Crippen LogP contribution in [-0.4, -0.2) is 26.5 Å². The molecule has 0 amide bonds. The highest BCUT2D eigenvalue weighted by molar-refractivity contribution is 9.10. The molecular formula is C20H17BrN6. The van der Waals surface area contributed by atoms with Crippen molar-refractivity contribution in [1.29, 1.82) is 0 Å². The molecule has 0 aliphatic heterocycles. The lowest BCUT2D eigenvalue weighted by atomic mass is 10.2. The maximum atomic E-state index is 4.44. The summed E-state index contributed by atoms with van der Waals surface area (Å²) in [5.74, 6) is 1.53. The van der Waals surface area contributed by atoms with Gasteiger partial charge in [0.25, 0.3) is 0 Å². The molecule has 6 nitrogen and oxygen atoms in total. The van der Waals surface area contributed by atoms with Crippen LogP contribution in [-0.2, 0) is 6.42 Å². The highest BCUT2D eigenvalue weighted by Gasteiger charge is 2.07. The first-order valence-electron chi connectivity index (χ1n) is 8.55. The molecule has 3 heterocycles. The zero-order valence-corrected chi connectivity index (χ0v) is 16.0. The van der Waals surface area contributed by atoms with Gasteiger partial charge in [-0.1, -0.05) is 28.1 Å². The molecule has 7 heteroatoms. The molecule has 0 radical (unpaired) electrons. The maximum absolute atomic E-state index is 4.44. The molecule has 0 fully saturated rings. The molecule has 134 valence electrons. The Bertz CT molecular complexity index is 1050. The highest BCUT2D eigenvalue weighted by Crippen LogP contribution is 2.25. The van der Waals surface area contributed by atoms with Crippen LogP contribution < -0.4 is 10.6 Å². The summed E-state index contributed by atoms with van der Waals surface area (Å²) in [4.78, 5) is 17.5. The molecule has 27 heavy (non-hydrogen) atoms. The van der Waals surface area contributed by atoms with Gasteiger partial charge in [-0.3, -0.25) is 4.98 Å². The average Bonchev–Trinajstić information content (AvgIpc) is 2.69. The van der Waals surface area contributed by atoms with Crippen LogP contribution >= 0.6 is 15.9 Å². The van der Waals surface area contributed by atoms with Gasteiger partial charge in [-0.15, -0.1) is 0 Å². The van der Waals surface area contributed by atoms with Crippen molar-refractivity contribution in [1.82, 2.24) is 19.9 Å². The Morgan fingerprint density at radius 1 is 0.926 bits per heavy atom. The summed E-state index contributed by atoms with van der Waals surface area (Å²) in [6.07, 6.45) is 5.93. The molecule has 3 aromatic heterocycles. The fraction of sp³-hybridized carbons (Fsp3) is 0.100. The van der Waals surface area contributed by atoms with Gasteiger partial charge in [0.1, 0.15) is 18.0 Å². The predicted octanol–water partition coefficient (Wildman–Crippen LogP) is 4.58. The molecule has 0 saturated heterocycles. The van der Waals surface area contributed by atoms with Gasteiger partial charge >= 0.3 is 0 Å². The Labute approximate surface area is 165 Å². The Balaban J connectivity index is 1.53. The maximum Gasteiger partial charge on any atom is 0.141 e. The molecule has 4 aromatic rings. The van der Waals surface area contributed by atoms with Gasteiger partial charge < -0.3 is 10.6 Å². The van der Waals surface area contributed by atoms with Crippen LogP contribution in [0, 0.1) is 0 Å². The second-order valence-corrected chi connectivity index (χ2v) is 6.86. The van der Waals surface area contributed by atoms with Gasteiger partial charge in [-0.2, -0.15) is 0 Å². The number of pyridine rings is 2. The van der Waals surface area contributed by atoms with Crippen LogP contribution in [0.15, 0.2) is 71.7 Å². The van der Waals surface area contributed by atoms with Crippen LogP contribution in [0.3, 0.4) is 0 Å². The molecular weight excluding hydrogens is 404 g/mol. The van der Waals surface area contributed by atoms with Gasteiger partial charge in [0.15, 0.2) is 0 Å². The lowest BCUT2D eigenvalue weighted by Gasteiger charge is -2.10. The normalized spacial score (nSPS) is 10.7. The monoisotopic (exact) mass is 420 g/mol. The fourth-order valence-corrected chi connectivity index (χ4v) is 3.12. The van der Waals surface area contributed by atoms with Crippen LogP contribution in [0.5, 0.6) is 0 Å². The van der Waals surface area contributed by atoms with Crippen molar-refractivity contribution in [2.24, 2.45) is 0 Å². The third-order valence-electron chi connectivity index (χ3n) is 4.02. The van der Waals surface area contributed by atoms with E-state index < -0.39 is 0 Å².